The van der Waals surface area contributed by atoms with Crippen molar-refractivity contribution in [3.63, 3.8) is 0 Å². The maximum Gasteiger partial charge on any atom is 0.140 e. The highest BCUT2D eigenvalue weighted by Gasteiger charge is 2.77. The molecule has 3 heterocycles. The second-order valence-electron chi connectivity index (χ2n) is 10.9. The lowest BCUT2D eigenvalue weighted by atomic mass is 9.82. The molecule has 2 aliphatic heterocycles. The molecule has 0 radical (unpaired) electrons. The van der Waals surface area contributed by atoms with Crippen LogP contribution in [0.5, 0.6) is 11.5 Å². The van der Waals surface area contributed by atoms with Gasteiger partial charge in [-0.25, -0.2) is 0 Å². The summed E-state index contributed by atoms with van der Waals surface area (Å²) in [6.45, 7) is 5.24. The molecule has 4 unspecified atom stereocenters. The van der Waals surface area contributed by atoms with Crippen LogP contribution in [0, 0.1) is 11.8 Å². The highest BCUT2D eigenvalue weighted by atomic mass is 16.5. The van der Waals surface area contributed by atoms with E-state index in [0.29, 0.717) is 5.92 Å². The molecule has 5 atom stereocenters. The fourth-order valence-corrected chi connectivity index (χ4v) is 7.71. The summed E-state index contributed by atoms with van der Waals surface area (Å²) in [5.41, 5.74) is 2.23. The van der Waals surface area contributed by atoms with Crippen LogP contribution >= 0.6 is 0 Å². The first kappa shape index (κ1) is 21.2. The largest absolute Gasteiger partial charge is 0.508 e. The lowest BCUT2D eigenvalue weighted by molar-refractivity contribution is -0.0556. The zero-order valence-corrected chi connectivity index (χ0v) is 20.5. The molecule has 1 N–H and O–H groups in total. The minimum Gasteiger partial charge on any atom is -0.508 e. The van der Waals surface area contributed by atoms with Gasteiger partial charge in [-0.15, -0.1) is 6.58 Å². The molecule has 182 valence electrons. The number of benzene rings is 4. The van der Waals surface area contributed by atoms with Gasteiger partial charge in [0.05, 0.1) is 11.6 Å². The predicted octanol–water partition coefficient (Wildman–Crippen LogP) is 7.02. The standard InChI is InChI=1S/C33H28N2O2/c1-2-27-28-14-16-35-30(19-33(27,28)35)32(25-13-15-34-29-12-11-21(36)18-26(25)29)37-31-17-20-7-3-4-8-22(20)23-9-5-6-10-24(23)31/h2-13,15,17-18,27-28,30,32,36H,1,14,16,19H2/t27?,28?,30?,32-,33?/m1/s1. The van der Waals surface area contributed by atoms with Gasteiger partial charge in [-0.3, -0.25) is 9.88 Å². The summed E-state index contributed by atoms with van der Waals surface area (Å²) in [4.78, 5) is 7.27. The van der Waals surface area contributed by atoms with Gasteiger partial charge in [-0.2, -0.15) is 0 Å². The topological polar surface area (TPSA) is 45.6 Å². The number of hydrogen-bond donors (Lipinski definition) is 1. The number of rotatable bonds is 5. The molecule has 4 aromatic carbocycles. The Bertz CT molecular complexity index is 1730. The van der Waals surface area contributed by atoms with Crippen LogP contribution in [0.4, 0.5) is 0 Å². The van der Waals surface area contributed by atoms with Gasteiger partial charge in [-0.05, 0) is 77.7 Å². The van der Waals surface area contributed by atoms with Crippen LogP contribution in [-0.4, -0.2) is 33.1 Å². The van der Waals surface area contributed by atoms with Crippen LogP contribution in [0.15, 0.2) is 97.7 Å². The summed E-state index contributed by atoms with van der Waals surface area (Å²) < 4.78 is 7.14. The summed E-state index contributed by atoms with van der Waals surface area (Å²) in [6, 6.07) is 27.0. The molecule has 5 aromatic rings. The van der Waals surface area contributed by atoms with Crippen LogP contribution in [0.2, 0.25) is 0 Å². The van der Waals surface area contributed by atoms with Crippen LogP contribution in [0.25, 0.3) is 32.4 Å². The summed E-state index contributed by atoms with van der Waals surface area (Å²) in [7, 11) is 0. The van der Waals surface area contributed by atoms with Gasteiger partial charge in [0.25, 0.3) is 0 Å². The average molecular weight is 485 g/mol. The molecule has 1 spiro atoms. The molecule has 1 aliphatic carbocycles. The van der Waals surface area contributed by atoms with Gasteiger partial charge < -0.3 is 9.84 Å². The van der Waals surface area contributed by atoms with Gasteiger partial charge in [0.1, 0.15) is 17.6 Å². The molecule has 37 heavy (non-hydrogen) atoms. The van der Waals surface area contributed by atoms with E-state index in [-0.39, 0.29) is 23.4 Å². The van der Waals surface area contributed by atoms with Gasteiger partial charge in [-0.1, -0.05) is 54.6 Å². The van der Waals surface area contributed by atoms with E-state index in [1.807, 2.05) is 18.3 Å². The second kappa shape index (κ2) is 7.56. The number of ether oxygens (including phenoxy) is 1. The van der Waals surface area contributed by atoms with Crippen molar-refractivity contribution in [1.82, 2.24) is 9.88 Å². The molecule has 8 rings (SSSR count). The Morgan fingerprint density at radius 2 is 1.78 bits per heavy atom. The van der Waals surface area contributed by atoms with E-state index in [0.717, 1.165) is 46.5 Å². The Morgan fingerprint density at radius 1 is 0.973 bits per heavy atom. The monoisotopic (exact) mass is 484 g/mol. The Balaban J connectivity index is 1.30. The van der Waals surface area contributed by atoms with E-state index < -0.39 is 0 Å². The second-order valence-corrected chi connectivity index (χ2v) is 10.9. The molecule has 2 saturated heterocycles. The summed E-state index contributed by atoms with van der Waals surface area (Å²) in [5.74, 6) is 2.48. The van der Waals surface area contributed by atoms with Crippen molar-refractivity contribution in [3.05, 3.63) is 103 Å². The number of aromatic hydroxyl groups is 1. The maximum atomic E-state index is 10.4. The fourth-order valence-electron chi connectivity index (χ4n) is 7.71. The molecule has 0 amide bonds. The Labute approximate surface area is 215 Å². The lowest BCUT2D eigenvalue weighted by Crippen LogP contribution is -2.60. The van der Waals surface area contributed by atoms with Crippen molar-refractivity contribution in [3.8, 4) is 11.5 Å². The molecular formula is C33H28N2O2. The van der Waals surface area contributed by atoms with E-state index >= 15 is 0 Å². The number of pyridine rings is 1. The van der Waals surface area contributed by atoms with Gasteiger partial charge >= 0.3 is 0 Å². The van der Waals surface area contributed by atoms with E-state index in [1.54, 1.807) is 6.07 Å². The SMILES string of the molecule is C=CC1C2CCN3C([C@H](Oc4cc5ccccc5c5ccccc45)c4ccnc5ccc(O)cc45)CC123. The maximum absolute atomic E-state index is 10.4. The number of hydrogen-bond acceptors (Lipinski definition) is 4. The highest BCUT2D eigenvalue weighted by molar-refractivity contribution is 6.10. The van der Waals surface area contributed by atoms with Crippen molar-refractivity contribution in [2.24, 2.45) is 11.8 Å². The smallest absolute Gasteiger partial charge is 0.140 e. The Hall–Kier alpha value is -3.89. The highest BCUT2D eigenvalue weighted by Crippen LogP contribution is 2.71. The van der Waals surface area contributed by atoms with E-state index in [2.05, 4.69) is 83.2 Å². The molecule has 1 saturated carbocycles. The number of fused-ring (bicyclic) bond motifs is 4. The number of phenolic OH excluding ortho intramolecular Hbond substituents is 1. The molecule has 3 fully saturated rings. The first-order valence-electron chi connectivity index (χ1n) is 13.2. The molecule has 3 aliphatic rings. The normalized spacial score (nSPS) is 27.0. The first-order valence-corrected chi connectivity index (χ1v) is 13.2. The number of nitrogens with zero attached hydrogens (tertiary/aromatic N) is 2. The molecule has 1 aromatic heterocycles. The molecule has 4 heteroatoms. The minimum absolute atomic E-state index is 0.188. The van der Waals surface area contributed by atoms with Crippen molar-refractivity contribution >= 4 is 32.4 Å². The van der Waals surface area contributed by atoms with E-state index in [4.69, 9.17) is 4.74 Å². The summed E-state index contributed by atoms with van der Waals surface area (Å²) in [6.07, 6.45) is 6.19. The number of aromatic nitrogens is 1. The van der Waals surface area contributed by atoms with Gasteiger partial charge in [0, 0.05) is 28.1 Å². The van der Waals surface area contributed by atoms with Crippen molar-refractivity contribution < 1.29 is 9.84 Å². The lowest BCUT2D eigenvalue weighted by Gasteiger charge is -2.51. The minimum atomic E-state index is -0.188. The average Bonchev–Trinajstić information content (AvgIpc) is 3.50. The Morgan fingerprint density at radius 3 is 2.62 bits per heavy atom. The zero-order valence-electron chi connectivity index (χ0n) is 20.5. The van der Waals surface area contributed by atoms with Crippen molar-refractivity contribution in [2.45, 2.75) is 30.5 Å². The van der Waals surface area contributed by atoms with Crippen molar-refractivity contribution in [1.29, 1.82) is 0 Å². The van der Waals surface area contributed by atoms with Crippen LogP contribution in [0.1, 0.15) is 24.5 Å². The molecular weight excluding hydrogens is 456 g/mol. The third-order valence-electron chi connectivity index (χ3n) is 9.35. The van der Waals surface area contributed by atoms with Crippen LogP contribution in [-0.2, 0) is 0 Å². The summed E-state index contributed by atoms with van der Waals surface area (Å²) >= 11 is 0. The fraction of sp³-hybridized carbons (Fsp3) is 0.242. The van der Waals surface area contributed by atoms with Crippen LogP contribution in [0.3, 0.4) is 0 Å². The number of phenols is 1. The summed E-state index contributed by atoms with van der Waals surface area (Å²) in [5, 5.41) is 16.0. The zero-order chi connectivity index (χ0) is 24.7. The van der Waals surface area contributed by atoms with Gasteiger partial charge in [0.2, 0.25) is 0 Å². The predicted molar refractivity (Wildman–Crippen MR) is 148 cm³/mol. The third-order valence-corrected chi connectivity index (χ3v) is 9.35. The number of piperidine rings is 1. The van der Waals surface area contributed by atoms with Gasteiger partial charge in [0.15, 0.2) is 0 Å². The first-order chi connectivity index (χ1) is 18.2. The molecule has 4 nitrogen and oxygen atoms in total. The molecule has 0 bridgehead atoms. The van der Waals surface area contributed by atoms with E-state index in [9.17, 15) is 5.11 Å². The quantitative estimate of drug-likeness (QED) is 0.215. The van der Waals surface area contributed by atoms with Crippen molar-refractivity contribution in [2.75, 3.05) is 6.54 Å². The van der Waals surface area contributed by atoms with E-state index in [1.165, 1.54) is 22.6 Å². The van der Waals surface area contributed by atoms with Crippen LogP contribution < -0.4 is 4.74 Å². The Kier molecular flexibility index (Phi) is 4.34. The third kappa shape index (κ3) is 2.85.